The maximum Gasteiger partial charge on any atom is 0.266 e. The molecule has 0 aromatic heterocycles. The molecule has 21 heavy (non-hydrogen) atoms. The summed E-state index contributed by atoms with van der Waals surface area (Å²) in [7, 11) is 3.39. The predicted molar refractivity (Wildman–Crippen MR) is 72.7 cm³/mol. The first-order valence-corrected chi connectivity index (χ1v) is 6.41. The van der Waals surface area contributed by atoms with Crippen LogP contribution in [-0.2, 0) is 0 Å². The number of halogens is 5. The van der Waals surface area contributed by atoms with Crippen LogP contribution in [0.1, 0.15) is 0 Å². The molecule has 2 aromatic carbocycles. The van der Waals surface area contributed by atoms with Crippen LogP contribution in [0.15, 0.2) is 24.3 Å². The van der Waals surface area contributed by atoms with Gasteiger partial charge in [0, 0.05) is 14.1 Å². The summed E-state index contributed by atoms with van der Waals surface area (Å²) in [5, 5.41) is 0. The fourth-order valence-corrected chi connectivity index (χ4v) is 3.42. The predicted octanol–water partition coefficient (Wildman–Crippen LogP) is 1.80. The molecule has 0 saturated carbocycles. The zero-order valence-electron chi connectivity index (χ0n) is 11.4. The van der Waals surface area contributed by atoms with Crippen LogP contribution in [-0.4, -0.2) is 20.9 Å². The van der Waals surface area contributed by atoms with Gasteiger partial charge in [-0.3, -0.25) is 0 Å². The van der Waals surface area contributed by atoms with Crippen molar-refractivity contribution in [2.75, 3.05) is 14.1 Å². The molecule has 1 unspecified atom stereocenters. The lowest BCUT2D eigenvalue weighted by molar-refractivity contribution is 0.383. The highest BCUT2D eigenvalue weighted by Gasteiger charge is 2.44. The minimum atomic E-state index is -2.12. The number of fused-ring (bicyclic) bond motifs is 1. The maximum atomic E-state index is 14.0. The van der Waals surface area contributed by atoms with E-state index in [1.54, 1.807) is 38.4 Å². The molecular weight excluding hydrogens is 288 g/mol. The number of rotatable bonds is 1. The van der Waals surface area contributed by atoms with Crippen molar-refractivity contribution >= 4 is 23.5 Å². The number of nitrogens with zero attached hydrogens (tertiary/aromatic N) is 1. The fourth-order valence-electron chi connectivity index (χ4n) is 3.42. The smallest absolute Gasteiger partial charge is 0.266 e. The minimum Gasteiger partial charge on any atom is -0.483 e. The Bertz CT molecular complexity index is 730. The highest BCUT2D eigenvalue weighted by molar-refractivity contribution is 6.91. The Hall–Kier alpha value is -1.89. The van der Waals surface area contributed by atoms with Gasteiger partial charge in [0.1, 0.15) is 11.6 Å². The van der Waals surface area contributed by atoms with Gasteiger partial charge in [0.25, 0.3) is 6.85 Å². The third kappa shape index (κ3) is 1.67. The second-order valence-corrected chi connectivity index (χ2v) is 5.86. The van der Waals surface area contributed by atoms with E-state index >= 15 is 0 Å². The monoisotopic (exact) mass is 299 g/mol. The number of hydrogen-bond donors (Lipinski definition) is 0. The van der Waals surface area contributed by atoms with Gasteiger partial charge in [-0.05, 0) is 6.07 Å². The topological polar surface area (TPSA) is 0 Å². The molecule has 7 heteroatoms. The maximum absolute atomic E-state index is 14.0. The third-order valence-corrected chi connectivity index (χ3v) is 4.43. The van der Waals surface area contributed by atoms with Gasteiger partial charge in [-0.25, -0.2) is 22.0 Å². The highest BCUT2D eigenvalue weighted by Crippen LogP contribution is 2.30. The van der Waals surface area contributed by atoms with Crippen molar-refractivity contribution in [3.05, 3.63) is 53.4 Å². The Morgan fingerprint density at radius 1 is 0.762 bits per heavy atom. The number of benzene rings is 2. The Balaban J connectivity index is 2.29. The molecular formula is C14H11BF5N. The number of quaternary nitrogens is 1. The second-order valence-electron chi connectivity index (χ2n) is 5.86. The molecule has 0 spiro atoms. The van der Waals surface area contributed by atoms with Gasteiger partial charge >= 0.3 is 0 Å². The fraction of sp³-hybridized carbons (Fsp3) is 0.143. The minimum absolute atomic E-state index is 0.106. The molecule has 1 heterocycles. The van der Waals surface area contributed by atoms with E-state index in [1.807, 2.05) is 0 Å². The van der Waals surface area contributed by atoms with E-state index in [9.17, 15) is 22.0 Å². The van der Waals surface area contributed by atoms with Gasteiger partial charge in [0.2, 0.25) is 0 Å². The molecule has 0 fully saturated rings. The highest BCUT2D eigenvalue weighted by atomic mass is 19.2. The largest absolute Gasteiger partial charge is 0.483 e. The van der Waals surface area contributed by atoms with E-state index in [2.05, 4.69) is 0 Å². The molecule has 0 N–H and O–H groups in total. The van der Waals surface area contributed by atoms with Gasteiger partial charge in [-0.1, -0.05) is 29.1 Å². The van der Waals surface area contributed by atoms with Crippen LogP contribution in [0.5, 0.6) is 0 Å². The molecule has 1 nitrogen and oxygen atoms in total. The van der Waals surface area contributed by atoms with Crippen LogP contribution in [0, 0.1) is 29.1 Å². The summed E-state index contributed by atoms with van der Waals surface area (Å²) in [6.07, 6.45) is 0. The van der Waals surface area contributed by atoms with Crippen LogP contribution < -0.4 is 15.3 Å². The molecule has 0 amide bonds. The molecule has 110 valence electrons. The first-order chi connectivity index (χ1) is 9.78. The van der Waals surface area contributed by atoms with Crippen molar-refractivity contribution in [3.63, 3.8) is 0 Å². The summed E-state index contributed by atoms with van der Waals surface area (Å²) in [4.78, 5) is 0. The number of hydrogen-bond acceptors (Lipinski definition) is 0. The van der Waals surface area contributed by atoms with Gasteiger partial charge in [0.15, 0.2) is 17.5 Å². The molecule has 1 atom stereocenters. The Labute approximate surface area is 118 Å². The lowest BCUT2D eigenvalue weighted by atomic mass is 9.40. The van der Waals surface area contributed by atoms with Crippen molar-refractivity contribution in [3.8, 4) is 0 Å². The lowest BCUT2D eigenvalue weighted by Crippen LogP contribution is -2.77. The summed E-state index contributed by atoms with van der Waals surface area (Å²) >= 11 is 0. The molecule has 3 rings (SSSR count). The van der Waals surface area contributed by atoms with Crippen LogP contribution in [0.3, 0.4) is 0 Å². The molecule has 2 aromatic rings. The standard InChI is InChI=1S/C14H11BF5N/c1-21(2)8-6-4-3-5-7(8)15(21)9-10(16)12(18)14(20)13(19)11(9)17/h3-6,15H,1-2H3. The van der Waals surface area contributed by atoms with E-state index in [0.29, 0.717) is 5.46 Å². The van der Waals surface area contributed by atoms with Gasteiger partial charge in [-0.2, -0.15) is 0 Å². The van der Waals surface area contributed by atoms with Crippen LogP contribution in [0.4, 0.5) is 27.6 Å². The first kappa shape index (κ1) is 14.1. The molecule has 0 saturated heterocycles. The van der Waals surface area contributed by atoms with Gasteiger partial charge < -0.3 is 4.39 Å². The van der Waals surface area contributed by atoms with Crippen molar-refractivity contribution < 1.29 is 22.0 Å². The van der Waals surface area contributed by atoms with Crippen LogP contribution in [0.25, 0.3) is 0 Å². The molecule has 0 bridgehead atoms. The van der Waals surface area contributed by atoms with Gasteiger partial charge in [0.05, 0.1) is 5.69 Å². The SMILES string of the molecule is C[N+]1(C)[BH-](c2c(F)c(F)c(F)c(F)c2F)c2ccccc21. The normalized spacial score (nSPS) is 19.1. The van der Waals surface area contributed by atoms with Crippen molar-refractivity contribution in [2.24, 2.45) is 0 Å². The van der Waals surface area contributed by atoms with Crippen molar-refractivity contribution in [1.29, 1.82) is 0 Å². The zero-order valence-corrected chi connectivity index (χ0v) is 11.4. The van der Waals surface area contributed by atoms with E-state index in [4.69, 9.17) is 0 Å². The van der Waals surface area contributed by atoms with Crippen LogP contribution in [0.2, 0.25) is 0 Å². The molecule has 0 aliphatic carbocycles. The quantitative estimate of drug-likeness (QED) is 0.326. The summed E-state index contributed by atoms with van der Waals surface area (Å²) in [5.41, 5.74) is 0.766. The summed E-state index contributed by atoms with van der Waals surface area (Å²) < 4.78 is 68.0. The van der Waals surface area contributed by atoms with E-state index in [1.165, 1.54) is 0 Å². The molecule has 0 radical (unpaired) electrons. The second kappa shape index (κ2) is 4.30. The summed E-state index contributed by atoms with van der Waals surface area (Å²) in [6, 6.07) is 6.90. The van der Waals surface area contributed by atoms with E-state index < -0.39 is 41.4 Å². The Morgan fingerprint density at radius 3 is 1.81 bits per heavy atom. The van der Waals surface area contributed by atoms with Crippen LogP contribution >= 0.6 is 0 Å². The average molecular weight is 299 g/mol. The Kier molecular flexibility index (Phi) is 2.88. The van der Waals surface area contributed by atoms with E-state index in [0.717, 1.165) is 5.69 Å². The Morgan fingerprint density at radius 2 is 1.24 bits per heavy atom. The molecule has 1 aliphatic heterocycles. The van der Waals surface area contributed by atoms with Crippen molar-refractivity contribution in [1.82, 2.24) is 4.39 Å². The summed E-state index contributed by atoms with van der Waals surface area (Å²) in [6.45, 7) is -1.92. The van der Waals surface area contributed by atoms with Crippen molar-refractivity contribution in [2.45, 2.75) is 0 Å². The average Bonchev–Trinajstić information content (AvgIpc) is 2.47. The lowest BCUT2D eigenvalue weighted by Gasteiger charge is -2.56. The van der Waals surface area contributed by atoms with E-state index in [-0.39, 0.29) is 4.39 Å². The third-order valence-electron chi connectivity index (χ3n) is 4.43. The van der Waals surface area contributed by atoms with Gasteiger partial charge in [-0.15, -0.1) is 0 Å². The zero-order chi connectivity index (χ0) is 15.5. The molecule has 1 aliphatic rings. The summed E-state index contributed by atoms with van der Waals surface area (Å²) in [5.74, 6) is -9.35. The first-order valence-electron chi connectivity index (χ1n) is 6.41. The number of para-hydroxylation sites is 1.